The first-order valence-corrected chi connectivity index (χ1v) is 7.94. The van der Waals surface area contributed by atoms with Gasteiger partial charge in [-0.3, -0.25) is 4.79 Å². The van der Waals surface area contributed by atoms with E-state index in [0.29, 0.717) is 12.1 Å². The summed E-state index contributed by atoms with van der Waals surface area (Å²) in [5.41, 5.74) is 0.549. The van der Waals surface area contributed by atoms with Crippen molar-refractivity contribution in [1.29, 1.82) is 0 Å². The molecule has 2 aliphatic carbocycles. The van der Waals surface area contributed by atoms with Gasteiger partial charge in [0.05, 0.1) is 5.92 Å². The average Bonchev–Trinajstić information content (AvgIpc) is 3.16. The van der Waals surface area contributed by atoms with E-state index < -0.39 is 23.8 Å². The molecule has 1 aromatic rings. The van der Waals surface area contributed by atoms with Crippen LogP contribution in [-0.2, 0) is 14.4 Å². The summed E-state index contributed by atoms with van der Waals surface area (Å²) < 4.78 is 0. The zero-order valence-corrected chi connectivity index (χ0v) is 13.0. The van der Waals surface area contributed by atoms with Crippen molar-refractivity contribution in [3.63, 3.8) is 0 Å². The molecule has 2 aliphatic rings. The maximum atomic E-state index is 13.1. The van der Waals surface area contributed by atoms with Crippen LogP contribution < -0.4 is 15.1 Å². The minimum Gasteiger partial charge on any atom is -0.550 e. The Morgan fingerprint density at radius 2 is 1.62 bits per heavy atom. The van der Waals surface area contributed by atoms with Gasteiger partial charge in [0.1, 0.15) is 0 Å². The van der Waals surface area contributed by atoms with E-state index in [9.17, 15) is 24.6 Å². The molecule has 1 amide bonds. The van der Waals surface area contributed by atoms with Gasteiger partial charge in [-0.1, -0.05) is 30.4 Å². The first-order chi connectivity index (χ1) is 11.5. The Kier molecular flexibility index (Phi) is 4.38. The average molecular weight is 327 g/mol. The van der Waals surface area contributed by atoms with E-state index in [1.807, 2.05) is 12.2 Å². The largest absolute Gasteiger partial charge is 0.550 e. The molecule has 6 nitrogen and oxygen atoms in total. The van der Waals surface area contributed by atoms with Crippen LogP contribution in [0.25, 0.3) is 0 Å². The standard InChI is InChI=1S/C18H19NO5/c20-14(21)8-9-19(13-4-2-1-3-5-13)17(22)15-11-6-7-12(10-11)16(15)18(23)24/h1-7,11-12,15-16H,8-10H2,(H,20,21)(H,23,24)/p-2/t11-,12+,15+,16+/m1/s1. The number of aliphatic carboxylic acids is 2. The van der Waals surface area contributed by atoms with Crippen molar-refractivity contribution in [3.05, 3.63) is 42.5 Å². The summed E-state index contributed by atoms with van der Waals surface area (Å²) in [4.78, 5) is 36.7. The highest BCUT2D eigenvalue weighted by Gasteiger charge is 2.49. The van der Waals surface area contributed by atoms with Gasteiger partial charge >= 0.3 is 0 Å². The fourth-order valence-electron chi connectivity index (χ4n) is 3.84. The van der Waals surface area contributed by atoms with Gasteiger partial charge in [-0.2, -0.15) is 0 Å². The number of carbonyl (C=O) groups excluding carboxylic acids is 3. The van der Waals surface area contributed by atoms with Crippen molar-refractivity contribution >= 4 is 23.5 Å². The van der Waals surface area contributed by atoms with E-state index in [2.05, 4.69) is 0 Å². The normalized spacial score (nSPS) is 27.2. The number of carbonyl (C=O) groups is 3. The number of fused-ring (bicyclic) bond motifs is 2. The molecule has 0 N–H and O–H groups in total. The summed E-state index contributed by atoms with van der Waals surface area (Å²) >= 11 is 0. The first-order valence-electron chi connectivity index (χ1n) is 7.94. The Hall–Kier alpha value is -2.63. The van der Waals surface area contributed by atoms with Crippen LogP contribution in [0.1, 0.15) is 12.8 Å². The number of hydrogen-bond donors (Lipinski definition) is 0. The number of amides is 1. The third-order valence-electron chi connectivity index (χ3n) is 4.89. The number of carboxylic acids is 2. The predicted molar refractivity (Wildman–Crippen MR) is 81.1 cm³/mol. The molecule has 1 fully saturated rings. The minimum absolute atomic E-state index is 0.0530. The van der Waals surface area contributed by atoms with E-state index in [-0.39, 0.29) is 30.7 Å². The third kappa shape index (κ3) is 2.91. The van der Waals surface area contributed by atoms with Crippen LogP contribution >= 0.6 is 0 Å². The van der Waals surface area contributed by atoms with E-state index in [1.165, 1.54) is 4.90 Å². The molecule has 0 heterocycles. The topological polar surface area (TPSA) is 101 Å². The number of benzene rings is 1. The molecule has 0 radical (unpaired) electrons. The van der Waals surface area contributed by atoms with Crippen molar-refractivity contribution < 1.29 is 24.6 Å². The smallest absolute Gasteiger partial charge is 0.231 e. The molecule has 0 spiro atoms. The lowest BCUT2D eigenvalue weighted by atomic mass is 9.82. The molecule has 6 heteroatoms. The summed E-state index contributed by atoms with van der Waals surface area (Å²) in [7, 11) is 0. The quantitative estimate of drug-likeness (QED) is 0.646. The summed E-state index contributed by atoms with van der Waals surface area (Å²) in [6.07, 6.45) is 4.03. The molecule has 0 aromatic heterocycles. The van der Waals surface area contributed by atoms with Crippen LogP contribution in [0.5, 0.6) is 0 Å². The zero-order chi connectivity index (χ0) is 17.3. The second-order valence-corrected chi connectivity index (χ2v) is 6.27. The summed E-state index contributed by atoms with van der Waals surface area (Å²) in [6.45, 7) is -0.0530. The van der Waals surface area contributed by atoms with Crippen molar-refractivity contribution in [1.82, 2.24) is 0 Å². The summed E-state index contributed by atoms with van der Waals surface area (Å²) in [6, 6.07) is 8.67. The molecular formula is C18H17NO5-2. The lowest BCUT2D eigenvalue weighted by Crippen LogP contribution is -2.47. The van der Waals surface area contributed by atoms with E-state index in [0.717, 1.165) is 0 Å². The van der Waals surface area contributed by atoms with Crippen molar-refractivity contribution in [2.24, 2.45) is 23.7 Å². The Balaban J connectivity index is 1.89. The third-order valence-corrected chi connectivity index (χ3v) is 4.89. The zero-order valence-electron chi connectivity index (χ0n) is 13.0. The highest BCUT2D eigenvalue weighted by atomic mass is 16.4. The van der Waals surface area contributed by atoms with Crippen LogP contribution in [-0.4, -0.2) is 24.4 Å². The molecule has 126 valence electrons. The highest BCUT2D eigenvalue weighted by Crippen LogP contribution is 2.48. The van der Waals surface area contributed by atoms with Gasteiger partial charge in [0.2, 0.25) is 5.91 Å². The molecule has 0 saturated heterocycles. The Labute approximate surface area is 139 Å². The van der Waals surface area contributed by atoms with Crippen LogP contribution in [0.3, 0.4) is 0 Å². The fourth-order valence-corrected chi connectivity index (χ4v) is 3.84. The van der Waals surface area contributed by atoms with Gasteiger partial charge in [-0.05, 0) is 30.4 Å². The van der Waals surface area contributed by atoms with Gasteiger partial charge in [0.25, 0.3) is 0 Å². The van der Waals surface area contributed by atoms with E-state index >= 15 is 0 Å². The van der Waals surface area contributed by atoms with Crippen LogP contribution in [0.4, 0.5) is 5.69 Å². The molecule has 24 heavy (non-hydrogen) atoms. The van der Waals surface area contributed by atoms with Gasteiger partial charge < -0.3 is 24.7 Å². The monoisotopic (exact) mass is 327 g/mol. The number of carboxylic acid groups (broad SMARTS) is 2. The number of allylic oxidation sites excluding steroid dienone is 2. The Bertz CT molecular complexity index is 684. The highest BCUT2D eigenvalue weighted by molar-refractivity contribution is 5.98. The fraction of sp³-hybridized carbons (Fsp3) is 0.389. The lowest BCUT2D eigenvalue weighted by Gasteiger charge is -2.33. The summed E-state index contributed by atoms with van der Waals surface area (Å²) in [5, 5.41) is 22.3. The van der Waals surface area contributed by atoms with E-state index in [4.69, 9.17) is 0 Å². The predicted octanol–water partition coefficient (Wildman–Crippen LogP) is -0.652. The van der Waals surface area contributed by atoms with Crippen molar-refractivity contribution in [2.75, 3.05) is 11.4 Å². The van der Waals surface area contributed by atoms with Crippen molar-refractivity contribution in [3.8, 4) is 0 Å². The number of anilines is 1. The Morgan fingerprint density at radius 1 is 1.00 bits per heavy atom. The SMILES string of the molecule is O=C([O-])CCN(C(=O)[C@@H]1[C@@H](C(=O)[O-])[C@H]2C=C[C@@H]1C2)c1ccccc1. The number of hydrogen-bond acceptors (Lipinski definition) is 5. The maximum absolute atomic E-state index is 13.1. The Morgan fingerprint density at radius 3 is 2.21 bits per heavy atom. The van der Waals surface area contributed by atoms with Crippen LogP contribution in [0, 0.1) is 23.7 Å². The van der Waals surface area contributed by atoms with Gasteiger partial charge in [-0.15, -0.1) is 0 Å². The summed E-state index contributed by atoms with van der Waals surface area (Å²) in [5.74, 6) is -4.75. The lowest BCUT2D eigenvalue weighted by molar-refractivity contribution is -0.314. The van der Waals surface area contributed by atoms with Crippen LogP contribution in [0.2, 0.25) is 0 Å². The number of nitrogens with zero attached hydrogens (tertiary/aromatic N) is 1. The molecule has 0 unspecified atom stereocenters. The molecule has 0 aliphatic heterocycles. The molecule has 2 bridgehead atoms. The molecule has 4 atom stereocenters. The van der Waals surface area contributed by atoms with E-state index in [1.54, 1.807) is 30.3 Å². The molecule has 1 aromatic carbocycles. The second-order valence-electron chi connectivity index (χ2n) is 6.27. The maximum Gasteiger partial charge on any atom is 0.231 e. The second kappa shape index (κ2) is 6.47. The number of rotatable bonds is 6. The molecule has 3 rings (SSSR count). The van der Waals surface area contributed by atoms with Crippen LogP contribution in [0.15, 0.2) is 42.5 Å². The van der Waals surface area contributed by atoms with Gasteiger partial charge in [0.15, 0.2) is 0 Å². The molecule has 1 saturated carbocycles. The van der Waals surface area contributed by atoms with Crippen molar-refractivity contribution in [2.45, 2.75) is 12.8 Å². The van der Waals surface area contributed by atoms with Gasteiger partial charge in [0, 0.05) is 36.5 Å². The minimum atomic E-state index is -1.26. The molecular weight excluding hydrogens is 310 g/mol. The van der Waals surface area contributed by atoms with Gasteiger partial charge in [-0.25, -0.2) is 0 Å². The first kappa shape index (κ1) is 16.2. The number of para-hydroxylation sites is 1.